The zero-order valence-electron chi connectivity index (χ0n) is 12.4. The minimum atomic E-state index is 0.783. The van der Waals surface area contributed by atoms with E-state index in [1.807, 2.05) is 64.1 Å². The molecule has 0 N–H and O–H groups in total. The Bertz CT molecular complexity index is 613. The Morgan fingerprint density at radius 1 is 0.650 bits per heavy atom. The Hall–Kier alpha value is -2.22. The zero-order chi connectivity index (χ0) is 15.1. The Morgan fingerprint density at radius 3 is 1.70 bits per heavy atom. The largest absolute Gasteiger partial charge is 0.298 e. The minimum Gasteiger partial charge on any atom is -0.298 e. The molecule has 20 heavy (non-hydrogen) atoms. The molecule has 0 fully saturated rings. The molecule has 0 amide bonds. The maximum Gasteiger partial charge on any atom is 0.150 e. The van der Waals surface area contributed by atoms with Gasteiger partial charge in [0, 0.05) is 11.1 Å². The van der Waals surface area contributed by atoms with Gasteiger partial charge in [-0.3, -0.25) is 9.59 Å². The quantitative estimate of drug-likeness (QED) is 0.764. The molecule has 0 bridgehead atoms. The van der Waals surface area contributed by atoms with Gasteiger partial charge in [0.1, 0.15) is 12.6 Å². The predicted octanol–water partition coefficient (Wildman–Crippen LogP) is 4.23. The van der Waals surface area contributed by atoms with Gasteiger partial charge in [-0.2, -0.15) is 0 Å². The number of aldehydes is 2. The van der Waals surface area contributed by atoms with Crippen molar-refractivity contribution in [2.24, 2.45) is 0 Å². The second-order valence-corrected chi connectivity index (χ2v) is 4.96. The third kappa shape index (κ3) is 4.47. The molecule has 0 spiro atoms. The van der Waals surface area contributed by atoms with E-state index in [4.69, 9.17) is 0 Å². The lowest BCUT2D eigenvalue weighted by Crippen LogP contribution is -1.85. The first-order valence-electron chi connectivity index (χ1n) is 6.52. The molecule has 2 aromatic carbocycles. The van der Waals surface area contributed by atoms with Crippen LogP contribution in [0.3, 0.4) is 0 Å². The normalized spacial score (nSPS) is 9.40. The molecule has 104 valence electrons. The van der Waals surface area contributed by atoms with E-state index >= 15 is 0 Å². The summed E-state index contributed by atoms with van der Waals surface area (Å²) in [6.07, 6.45) is 1.77. The average Bonchev–Trinajstić information content (AvgIpc) is 2.42. The zero-order valence-corrected chi connectivity index (χ0v) is 12.4. The SMILES string of the molecule is Cc1ccc(C)c(C=O)c1.Cc1ccc(C=O)c(C)c1. The van der Waals surface area contributed by atoms with Crippen molar-refractivity contribution in [3.63, 3.8) is 0 Å². The summed E-state index contributed by atoms with van der Waals surface area (Å²) in [5, 5.41) is 0. The molecule has 0 aromatic heterocycles. The molecule has 0 aliphatic rings. The molecule has 0 saturated heterocycles. The third-order valence-corrected chi connectivity index (χ3v) is 3.11. The lowest BCUT2D eigenvalue weighted by Gasteiger charge is -1.97. The molecule has 0 heterocycles. The molecule has 0 unspecified atom stereocenters. The van der Waals surface area contributed by atoms with Gasteiger partial charge in [0.05, 0.1) is 0 Å². The predicted molar refractivity (Wildman–Crippen MR) is 82.6 cm³/mol. The van der Waals surface area contributed by atoms with E-state index in [1.54, 1.807) is 0 Å². The van der Waals surface area contributed by atoms with Crippen molar-refractivity contribution < 1.29 is 9.59 Å². The number of hydrogen-bond donors (Lipinski definition) is 0. The van der Waals surface area contributed by atoms with Crippen LogP contribution < -0.4 is 0 Å². The smallest absolute Gasteiger partial charge is 0.150 e. The summed E-state index contributed by atoms with van der Waals surface area (Å²) in [5.41, 5.74) is 6.00. The topological polar surface area (TPSA) is 34.1 Å². The van der Waals surface area contributed by atoms with Crippen molar-refractivity contribution >= 4 is 12.6 Å². The number of hydrogen-bond acceptors (Lipinski definition) is 2. The number of aryl methyl sites for hydroxylation is 4. The Kier molecular flexibility index (Phi) is 5.85. The summed E-state index contributed by atoms with van der Waals surface area (Å²) in [6, 6.07) is 11.6. The van der Waals surface area contributed by atoms with E-state index in [2.05, 4.69) is 0 Å². The van der Waals surface area contributed by atoms with Gasteiger partial charge in [-0.1, -0.05) is 41.5 Å². The Labute approximate surface area is 120 Å². The Morgan fingerprint density at radius 2 is 1.20 bits per heavy atom. The minimum absolute atomic E-state index is 0.783. The van der Waals surface area contributed by atoms with Gasteiger partial charge in [-0.15, -0.1) is 0 Å². The molecule has 0 saturated carbocycles. The monoisotopic (exact) mass is 268 g/mol. The van der Waals surface area contributed by atoms with E-state index < -0.39 is 0 Å². The number of benzene rings is 2. The number of carbonyl (C=O) groups is 2. The van der Waals surface area contributed by atoms with Gasteiger partial charge in [0.15, 0.2) is 0 Å². The highest BCUT2D eigenvalue weighted by atomic mass is 16.1. The third-order valence-electron chi connectivity index (χ3n) is 3.11. The summed E-state index contributed by atoms with van der Waals surface area (Å²) in [6.45, 7) is 7.87. The second-order valence-electron chi connectivity index (χ2n) is 4.96. The summed E-state index contributed by atoms with van der Waals surface area (Å²) in [5.74, 6) is 0. The summed E-state index contributed by atoms with van der Waals surface area (Å²) in [4.78, 5) is 20.7. The molecular weight excluding hydrogens is 248 g/mol. The standard InChI is InChI=1S/2C9H10O/c1-7-3-4-9(6-10)8(2)5-7;1-7-3-4-8(2)9(5-7)6-10/h2*3-6H,1-2H3. The molecule has 0 aliphatic carbocycles. The fraction of sp³-hybridized carbons (Fsp3) is 0.222. The number of carbonyl (C=O) groups excluding carboxylic acids is 2. The van der Waals surface area contributed by atoms with Crippen molar-refractivity contribution in [3.05, 3.63) is 69.8 Å². The molecular formula is C18H20O2. The molecule has 2 nitrogen and oxygen atoms in total. The van der Waals surface area contributed by atoms with E-state index in [0.717, 1.165) is 40.4 Å². The Balaban J connectivity index is 0.000000200. The van der Waals surface area contributed by atoms with E-state index in [-0.39, 0.29) is 0 Å². The van der Waals surface area contributed by atoms with Gasteiger partial charge in [0.2, 0.25) is 0 Å². The van der Waals surface area contributed by atoms with Crippen molar-refractivity contribution in [3.8, 4) is 0 Å². The highest BCUT2D eigenvalue weighted by Gasteiger charge is 1.94. The van der Waals surface area contributed by atoms with Crippen molar-refractivity contribution in [2.45, 2.75) is 27.7 Å². The lowest BCUT2D eigenvalue weighted by molar-refractivity contribution is 0.111. The van der Waals surface area contributed by atoms with Crippen molar-refractivity contribution in [1.82, 2.24) is 0 Å². The molecule has 2 rings (SSSR count). The maximum absolute atomic E-state index is 10.4. The molecule has 2 heteroatoms. The summed E-state index contributed by atoms with van der Waals surface area (Å²) >= 11 is 0. The molecule has 0 atom stereocenters. The average molecular weight is 268 g/mol. The van der Waals surface area contributed by atoms with E-state index in [0.29, 0.717) is 0 Å². The van der Waals surface area contributed by atoms with Gasteiger partial charge < -0.3 is 0 Å². The summed E-state index contributed by atoms with van der Waals surface area (Å²) in [7, 11) is 0. The van der Waals surface area contributed by atoms with E-state index in [9.17, 15) is 9.59 Å². The molecule has 0 aliphatic heterocycles. The fourth-order valence-electron chi connectivity index (χ4n) is 1.84. The van der Waals surface area contributed by atoms with Crippen LogP contribution in [0.2, 0.25) is 0 Å². The fourth-order valence-corrected chi connectivity index (χ4v) is 1.84. The lowest BCUT2D eigenvalue weighted by atomic mass is 10.1. The highest BCUT2D eigenvalue weighted by Crippen LogP contribution is 2.07. The van der Waals surface area contributed by atoms with Gasteiger partial charge in [0.25, 0.3) is 0 Å². The van der Waals surface area contributed by atoms with Crippen LogP contribution >= 0.6 is 0 Å². The second kappa shape index (κ2) is 7.39. The van der Waals surface area contributed by atoms with Crippen LogP contribution in [0.5, 0.6) is 0 Å². The van der Waals surface area contributed by atoms with E-state index in [1.165, 1.54) is 5.56 Å². The molecule has 0 radical (unpaired) electrons. The van der Waals surface area contributed by atoms with Gasteiger partial charge >= 0.3 is 0 Å². The van der Waals surface area contributed by atoms with Crippen LogP contribution in [-0.2, 0) is 0 Å². The van der Waals surface area contributed by atoms with Crippen LogP contribution in [0.1, 0.15) is 43.0 Å². The van der Waals surface area contributed by atoms with Crippen LogP contribution in [0, 0.1) is 27.7 Å². The van der Waals surface area contributed by atoms with Crippen molar-refractivity contribution in [2.75, 3.05) is 0 Å². The summed E-state index contributed by atoms with van der Waals surface area (Å²) < 4.78 is 0. The highest BCUT2D eigenvalue weighted by molar-refractivity contribution is 5.77. The maximum atomic E-state index is 10.4. The van der Waals surface area contributed by atoms with Crippen LogP contribution in [0.15, 0.2) is 36.4 Å². The van der Waals surface area contributed by atoms with Gasteiger partial charge in [-0.25, -0.2) is 0 Å². The van der Waals surface area contributed by atoms with Crippen LogP contribution in [0.25, 0.3) is 0 Å². The van der Waals surface area contributed by atoms with Crippen molar-refractivity contribution in [1.29, 1.82) is 0 Å². The first kappa shape index (κ1) is 15.8. The molecule has 2 aromatic rings. The first-order chi connectivity index (χ1) is 9.47. The van der Waals surface area contributed by atoms with Crippen LogP contribution in [-0.4, -0.2) is 12.6 Å². The van der Waals surface area contributed by atoms with Gasteiger partial charge in [-0.05, 0) is 44.9 Å². The number of rotatable bonds is 2. The first-order valence-corrected chi connectivity index (χ1v) is 6.52. The van der Waals surface area contributed by atoms with Crippen LogP contribution in [0.4, 0.5) is 0 Å².